The number of nitriles is 1. The van der Waals surface area contributed by atoms with E-state index >= 15 is 0 Å². The van der Waals surface area contributed by atoms with Crippen molar-refractivity contribution in [2.45, 2.75) is 50.5 Å². The first-order chi connectivity index (χ1) is 19.9. The molecule has 0 spiro atoms. The lowest BCUT2D eigenvalue weighted by atomic mass is 9.88. The molecule has 4 atom stereocenters. The van der Waals surface area contributed by atoms with E-state index in [4.69, 9.17) is 27.9 Å². The van der Waals surface area contributed by atoms with Gasteiger partial charge in [-0.25, -0.2) is 0 Å². The summed E-state index contributed by atoms with van der Waals surface area (Å²) in [6.45, 7) is 1.94. The van der Waals surface area contributed by atoms with Crippen LogP contribution in [0.2, 0.25) is 10.0 Å². The summed E-state index contributed by atoms with van der Waals surface area (Å²) in [5.41, 5.74) is 2.87. The molecule has 0 bridgehead atoms. The molecule has 0 saturated carbocycles. The normalized spacial score (nSPS) is 19.3. The van der Waals surface area contributed by atoms with E-state index in [1.165, 1.54) is 0 Å². The van der Waals surface area contributed by atoms with Crippen LogP contribution in [0.25, 0.3) is 0 Å². The Hall–Kier alpha value is -3.77. The minimum absolute atomic E-state index is 0.0714. The minimum atomic E-state index is -0.907. The van der Waals surface area contributed by atoms with Gasteiger partial charge in [0.1, 0.15) is 18.2 Å². The third-order valence-corrected chi connectivity index (χ3v) is 7.55. The van der Waals surface area contributed by atoms with Crippen LogP contribution in [-0.2, 0) is 20.7 Å². The van der Waals surface area contributed by atoms with Crippen LogP contribution >= 0.6 is 23.2 Å². The molecule has 0 aliphatic carbocycles. The Morgan fingerprint density at radius 2 is 1.63 bits per heavy atom. The summed E-state index contributed by atoms with van der Waals surface area (Å²) in [5.74, 6) is -0.696. The van der Waals surface area contributed by atoms with Gasteiger partial charge >= 0.3 is 0 Å². The highest BCUT2D eigenvalue weighted by Gasteiger charge is 2.48. The van der Waals surface area contributed by atoms with Crippen molar-refractivity contribution in [3.8, 4) is 6.07 Å². The quantitative estimate of drug-likeness (QED) is 0.211. The third kappa shape index (κ3) is 7.31. The van der Waals surface area contributed by atoms with E-state index in [2.05, 4.69) is 16.6 Å². The second-order valence-electron chi connectivity index (χ2n) is 9.80. The smallest absolute Gasteiger partial charge is 0.253 e. The number of hydrogen-bond donors (Lipinski definition) is 1. The van der Waals surface area contributed by atoms with E-state index in [1.54, 1.807) is 53.4 Å². The Kier molecular flexibility index (Phi) is 10.5. The van der Waals surface area contributed by atoms with Crippen molar-refractivity contribution in [1.82, 2.24) is 10.2 Å². The number of ether oxygens (including phenoxy) is 1. The maximum absolute atomic E-state index is 14.3. The molecule has 4 rings (SSSR count). The molecule has 41 heavy (non-hydrogen) atoms. The Morgan fingerprint density at radius 1 is 1.02 bits per heavy atom. The fourth-order valence-electron chi connectivity index (χ4n) is 5.09. The van der Waals surface area contributed by atoms with E-state index in [1.807, 2.05) is 31.2 Å². The summed E-state index contributed by atoms with van der Waals surface area (Å²) in [6.07, 6.45) is -0.274. The molecule has 1 aliphatic heterocycles. The lowest BCUT2D eigenvalue weighted by molar-refractivity contribution is -0.181. The topological polar surface area (TPSA) is 112 Å². The Morgan fingerprint density at radius 3 is 2.20 bits per heavy atom. The number of rotatable bonds is 11. The van der Waals surface area contributed by atoms with Gasteiger partial charge in [0, 0.05) is 23.0 Å². The summed E-state index contributed by atoms with van der Waals surface area (Å²) >= 11 is 12.4. The molecule has 1 aliphatic rings. The number of carbonyl (C=O) groups excluding carboxylic acids is 2. The van der Waals surface area contributed by atoms with Gasteiger partial charge in [0.2, 0.25) is 5.91 Å². The largest absolute Gasteiger partial charge is 0.358 e. The molecule has 10 heteroatoms. The highest BCUT2D eigenvalue weighted by molar-refractivity contribution is 6.30. The van der Waals surface area contributed by atoms with Crippen LogP contribution in [0.5, 0.6) is 0 Å². The van der Waals surface area contributed by atoms with Crippen molar-refractivity contribution in [3.05, 3.63) is 110 Å². The van der Waals surface area contributed by atoms with E-state index in [0.29, 0.717) is 28.5 Å². The molecular weight excluding hydrogens is 563 g/mol. The second-order valence-corrected chi connectivity index (χ2v) is 10.7. The SMILES string of the molecule is CCC[C@H](C(=O)NCCN=O)N1C(=O)[C@H](Cc2ccc(C#N)cc2)O[C@@H](c2ccc(Cl)cc2)[C@H]1c1ccc(Cl)cc1. The first kappa shape index (κ1) is 30.2. The average molecular weight is 594 g/mol. The summed E-state index contributed by atoms with van der Waals surface area (Å²) in [5, 5.41) is 15.9. The van der Waals surface area contributed by atoms with E-state index < -0.39 is 24.3 Å². The van der Waals surface area contributed by atoms with Gasteiger partial charge < -0.3 is 15.0 Å². The summed E-state index contributed by atoms with van der Waals surface area (Å²) in [4.78, 5) is 40.2. The number of nitrogens with zero attached hydrogens (tertiary/aromatic N) is 3. The molecule has 0 radical (unpaired) electrons. The van der Waals surface area contributed by atoms with Crippen LogP contribution in [0.15, 0.2) is 78.0 Å². The third-order valence-electron chi connectivity index (χ3n) is 7.04. The zero-order valence-corrected chi connectivity index (χ0v) is 24.0. The molecule has 8 nitrogen and oxygen atoms in total. The van der Waals surface area contributed by atoms with Gasteiger partial charge in [-0.1, -0.05) is 78.1 Å². The second kappa shape index (κ2) is 14.2. The van der Waals surface area contributed by atoms with Crippen LogP contribution in [-0.4, -0.2) is 41.9 Å². The molecule has 2 amide bonds. The van der Waals surface area contributed by atoms with Crippen LogP contribution in [0.4, 0.5) is 0 Å². The van der Waals surface area contributed by atoms with Crippen molar-refractivity contribution < 1.29 is 14.3 Å². The Bertz CT molecular complexity index is 1390. The van der Waals surface area contributed by atoms with Gasteiger partial charge in [0.15, 0.2) is 0 Å². The van der Waals surface area contributed by atoms with Crippen LogP contribution in [0, 0.1) is 16.2 Å². The Labute approximate surface area is 249 Å². The van der Waals surface area contributed by atoms with Crippen molar-refractivity contribution in [2.75, 3.05) is 13.1 Å². The number of nitrogens with one attached hydrogen (secondary N) is 1. The first-order valence-corrected chi connectivity index (χ1v) is 14.2. The van der Waals surface area contributed by atoms with Gasteiger partial charge in [-0.15, -0.1) is 0 Å². The summed E-state index contributed by atoms with van der Waals surface area (Å²) in [7, 11) is 0. The van der Waals surface area contributed by atoms with Crippen LogP contribution in [0.1, 0.15) is 54.2 Å². The predicted octanol–water partition coefficient (Wildman–Crippen LogP) is 6.17. The highest BCUT2D eigenvalue weighted by atomic mass is 35.5. The fraction of sp³-hybridized carbons (Fsp3) is 0.323. The number of carbonyl (C=O) groups is 2. The zero-order valence-electron chi connectivity index (χ0n) is 22.5. The number of amides is 2. The molecule has 0 unspecified atom stereocenters. The predicted molar refractivity (Wildman–Crippen MR) is 157 cm³/mol. The number of morpholine rings is 1. The molecule has 0 aromatic heterocycles. The van der Waals surface area contributed by atoms with E-state index in [-0.39, 0.29) is 31.3 Å². The van der Waals surface area contributed by atoms with Gasteiger partial charge in [0.25, 0.3) is 5.91 Å². The van der Waals surface area contributed by atoms with Crippen LogP contribution < -0.4 is 5.32 Å². The molecule has 1 N–H and O–H groups in total. The average Bonchev–Trinajstić information content (AvgIpc) is 2.98. The minimum Gasteiger partial charge on any atom is -0.358 e. The first-order valence-electron chi connectivity index (χ1n) is 13.4. The van der Waals surface area contributed by atoms with E-state index in [9.17, 15) is 19.8 Å². The fourth-order valence-corrected chi connectivity index (χ4v) is 5.34. The molecule has 3 aromatic rings. The number of nitroso groups, excluding NO2 is 1. The van der Waals surface area contributed by atoms with Crippen molar-refractivity contribution >= 4 is 35.0 Å². The van der Waals surface area contributed by atoms with Crippen molar-refractivity contribution in [3.63, 3.8) is 0 Å². The summed E-state index contributed by atoms with van der Waals surface area (Å²) < 4.78 is 6.60. The summed E-state index contributed by atoms with van der Waals surface area (Å²) in [6, 6.07) is 22.0. The van der Waals surface area contributed by atoms with Gasteiger partial charge in [-0.05, 0) is 59.5 Å². The maximum Gasteiger partial charge on any atom is 0.253 e. The zero-order chi connectivity index (χ0) is 29.4. The molecule has 3 aromatic carbocycles. The number of halogens is 2. The Balaban J connectivity index is 1.83. The van der Waals surface area contributed by atoms with Crippen molar-refractivity contribution in [1.29, 1.82) is 5.26 Å². The highest BCUT2D eigenvalue weighted by Crippen LogP contribution is 2.44. The standard InChI is InChI=1S/C31H30Cl2N4O4/c1-2-3-26(30(38)35-16-17-36-40)37-28(22-8-12-24(32)13-9-22)29(23-10-14-25(33)15-11-23)41-27(31(37)39)18-20-4-6-21(19-34)7-5-20/h4-15,26-29H,2-3,16-18H2,1H3,(H,35,38)/t26-,27+,28-,29+/m1/s1. The van der Waals surface area contributed by atoms with Gasteiger partial charge in [-0.3, -0.25) is 9.59 Å². The maximum atomic E-state index is 14.3. The van der Waals surface area contributed by atoms with Crippen molar-refractivity contribution in [2.24, 2.45) is 5.18 Å². The molecule has 1 fully saturated rings. The van der Waals surface area contributed by atoms with Gasteiger partial charge in [-0.2, -0.15) is 10.2 Å². The monoisotopic (exact) mass is 592 g/mol. The van der Waals surface area contributed by atoms with Crippen LogP contribution in [0.3, 0.4) is 0 Å². The van der Waals surface area contributed by atoms with E-state index in [0.717, 1.165) is 16.7 Å². The molecule has 212 valence electrons. The van der Waals surface area contributed by atoms with Gasteiger partial charge in [0.05, 0.1) is 24.2 Å². The molecule has 1 saturated heterocycles. The molecule has 1 heterocycles. The number of benzene rings is 3. The lowest BCUT2D eigenvalue weighted by Crippen LogP contribution is -2.59. The number of hydrogen-bond acceptors (Lipinski definition) is 6. The molecular formula is C31H30Cl2N4O4. The lowest BCUT2D eigenvalue weighted by Gasteiger charge is -2.47.